The van der Waals surface area contributed by atoms with Crippen LogP contribution in [0, 0.1) is 0 Å². The van der Waals surface area contributed by atoms with Crippen molar-refractivity contribution in [1.29, 1.82) is 0 Å². The van der Waals surface area contributed by atoms with Gasteiger partial charge in [0.15, 0.2) is 11.5 Å². The molecule has 0 aliphatic carbocycles. The molecule has 168 valence electrons. The number of Topliss-reactive ketones (excluding diaryl/α,β-unsaturated/α-hetero) is 1. The first-order valence-electron chi connectivity index (χ1n) is 10.9. The van der Waals surface area contributed by atoms with Crippen molar-refractivity contribution in [2.24, 2.45) is 0 Å². The molecule has 4 rings (SSSR count). The molecule has 1 unspecified atom stereocenters. The van der Waals surface area contributed by atoms with Crippen molar-refractivity contribution in [3.05, 3.63) is 59.2 Å². The summed E-state index contributed by atoms with van der Waals surface area (Å²) in [5, 5.41) is 11.2. The van der Waals surface area contributed by atoms with Crippen LogP contribution in [0.3, 0.4) is 0 Å². The molecule has 2 aliphatic heterocycles. The molecular weight excluding hydrogens is 410 g/mol. The number of fused-ring (bicyclic) bond motifs is 1. The lowest BCUT2D eigenvalue weighted by Crippen LogP contribution is -2.30. The topological polar surface area (TPSA) is 85.3 Å². The van der Waals surface area contributed by atoms with E-state index in [9.17, 15) is 14.7 Å². The fraction of sp³-hybridized carbons (Fsp3) is 0.360. The van der Waals surface area contributed by atoms with E-state index in [2.05, 4.69) is 6.92 Å². The van der Waals surface area contributed by atoms with Gasteiger partial charge in [-0.15, -0.1) is 0 Å². The number of aliphatic hydroxyl groups excluding tert-OH is 1. The van der Waals surface area contributed by atoms with E-state index in [0.717, 1.165) is 24.8 Å². The molecule has 1 N–H and O–H groups in total. The van der Waals surface area contributed by atoms with E-state index in [0.29, 0.717) is 42.6 Å². The largest absolute Gasteiger partial charge is 0.507 e. The summed E-state index contributed by atoms with van der Waals surface area (Å²) in [4.78, 5) is 27.6. The van der Waals surface area contributed by atoms with Gasteiger partial charge in [-0.05, 0) is 42.3 Å². The van der Waals surface area contributed by atoms with E-state index in [1.807, 2.05) is 12.1 Å². The summed E-state index contributed by atoms with van der Waals surface area (Å²) in [6.45, 7) is 3.38. The number of hydrogen-bond donors (Lipinski definition) is 1. The Labute approximate surface area is 187 Å². The number of benzene rings is 2. The van der Waals surface area contributed by atoms with Crippen molar-refractivity contribution in [2.75, 3.05) is 26.9 Å². The maximum atomic E-state index is 13.1. The molecule has 0 aromatic heterocycles. The van der Waals surface area contributed by atoms with E-state index in [-0.39, 0.29) is 11.3 Å². The monoisotopic (exact) mass is 437 g/mol. The summed E-state index contributed by atoms with van der Waals surface area (Å²) >= 11 is 0. The normalized spacial score (nSPS) is 19.3. The number of amides is 1. The number of nitrogens with zero attached hydrogens (tertiary/aromatic N) is 1. The van der Waals surface area contributed by atoms with E-state index in [4.69, 9.17) is 14.2 Å². The number of carbonyl (C=O) groups excluding carboxylic acids is 2. The van der Waals surface area contributed by atoms with E-state index < -0.39 is 17.7 Å². The number of ketones is 1. The number of ether oxygens (including phenoxy) is 3. The van der Waals surface area contributed by atoms with Crippen molar-refractivity contribution >= 4 is 17.4 Å². The quantitative estimate of drug-likeness (QED) is 0.304. The first kappa shape index (κ1) is 21.7. The van der Waals surface area contributed by atoms with E-state index >= 15 is 0 Å². The average molecular weight is 437 g/mol. The molecule has 2 heterocycles. The highest BCUT2D eigenvalue weighted by Crippen LogP contribution is 2.41. The van der Waals surface area contributed by atoms with Gasteiger partial charge in [-0.25, -0.2) is 0 Å². The second-order valence-electron chi connectivity index (χ2n) is 7.83. The van der Waals surface area contributed by atoms with Gasteiger partial charge >= 0.3 is 0 Å². The van der Waals surface area contributed by atoms with Crippen LogP contribution in [0.25, 0.3) is 5.76 Å². The Balaban J connectivity index is 1.79. The van der Waals surface area contributed by atoms with Crippen molar-refractivity contribution in [3.8, 4) is 17.2 Å². The summed E-state index contributed by atoms with van der Waals surface area (Å²) in [6.07, 6.45) is 2.72. The Kier molecular flexibility index (Phi) is 6.35. The first-order valence-corrected chi connectivity index (χ1v) is 10.9. The van der Waals surface area contributed by atoms with Gasteiger partial charge in [0.25, 0.3) is 11.7 Å². The van der Waals surface area contributed by atoms with Crippen LogP contribution in [-0.2, 0) is 9.59 Å². The average Bonchev–Trinajstić information content (AvgIpc) is 3.08. The Morgan fingerprint density at radius 2 is 1.78 bits per heavy atom. The fourth-order valence-electron chi connectivity index (χ4n) is 4.12. The van der Waals surface area contributed by atoms with Crippen LogP contribution < -0.4 is 14.2 Å². The third-order valence-electron chi connectivity index (χ3n) is 5.79. The molecule has 2 aromatic carbocycles. The Morgan fingerprint density at radius 3 is 2.47 bits per heavy atom. The number of likely N-dealkylation sites (tertiary alicyclic amines) is 1. The summed E-state index contributed by atoms with van der Waals surface area (Å²) in [5.74, 6) is 0.247. The predicted molar refractivity (Wildman–Crippen MR) is 119 cm³/mol. The number of carbonyl (C=O) groups is 2. The molecule has 2 aliphatic rings. The summed E-state index contributed by atoms with van der Waals surface area (Å²) < 4.78 is 16.4. The molecule has 1 saturated heterocycles. The molecule has 0 bridgehead atoms. The summed E-state index contributed by atoms with van der Waals surface area (Å²) in [6, 6.07) is 11.5. The highest BCUT2D eigenvalue weighted by molar-refractivity contribution is 6.46. The summed E-state index contributed by atoms with van der Waals surface area (Å²) in [5.41, 5.74) is 1.22. The molecule has 1 atom stereocenters. The van der Waals surface area contributed by atoms with Gasteiger partial charge in [-0.1, -0.05) is 31.9 Å². The minimum absolute atomic E-state index is 0.0772. The smallest absolute Gasteiger partial charge is 0.295 e. The maximum Gasteiger partial charge on any atom is 0.295 e. The molecule has 32 heavy (non-hydrogen) atoms. The standard InChI is InChI=1S/C25H27NO6/c1-3-4-5-12-26-22(16-6-9-18(30-2)10-7-16)21(24(28)25(26)29)23(27)17-8-11-19-20(15-17)32-14-13-31-19/h6-11,15,22,27H,3-5,12-14H2,1-2H3/b23-21-. The Hall–Kier alpha value is -3.48. The zero-order valence-electron chi connectivity index (χ0n) is 18.3. The van der Waals surface area contributed by atoms with Crippen LogP contribution in [0.4, 0.5) is 0 Å². The van der Waals surface area contributed by atoms with Crippen molar-refractivity contribution in [1.82, 2.24) is 4.90 Å². The minimum Gasteiger partial charge on any atom is -0.507 e. The van der Waals surface area contributed by atoms with Crippen LogP contribution >= 0.6 is 0 Å². The number of methoxy groups -OCH3 is 1. The molecular formula is C25H27NO6. The molecule has 0 radical (unpaired) electrons. The molecule has 1 amide bonds. The SMILES string of the molecule is CCCCCN1C(=O)C(=O)/C(=C(\O)c2ccc3c(c2)OCCO3)C1c1ccc(OC)cc1. The van der Waals surface area contributed by atoms with Crippen molar-refractivity contribution in [2.45, 2.75) is 32.2 Å². The molecule has 1 fully saturated rings. The van der Waals surface area contributed by atoms with Crippen LogP contribution in [0.5, 0.6) is 17.2 Å². The molecule has 0 spiro atoms. The highest BCUT2D eigenvalue weighted by Gasteiger charge is 2.45. The van der Waals surface area contributed by atoms with Gasteiger partial charge in [-0.2, -0.15) is 0 Å². The van der Waals surface area contributed by atoms with Crippen LogP contribution in [0.1, 0.15) is 43.4 Å². The van der Waals surface area contributed by atoms with Gasteiger partial charge in [-0.3, -0.25) is 9.59 Å². The Bertz CT molecular complexity index is 1040. The fourth-order valence-corrected chi connectivity index (χ4v) is 4.12. The van der Waals surface area contributed by atoms with Gasteiger partial charge in [0, 0.05) is 12.1 Å². The first-order chi connectivity index (χ1) is 15.5. The van der Waals surface area contributed by atoms with Gasteiger partial charge in [0.1, 0.15) is 24.7 Å². The molecule has 7 heteroatoms. The van der Waals surface area contributed by atoms with Crippen LogP contribution in [0.2, 0.25) is 0 Å². The third-order valence-corrected chi connectivity index (χ3v) is 5.79. The Morgan fingerprint density at radius 1 is 1.06 bits per heavy atom. The van der Waals surface area contributed by atoms with Gasteiger partial charge in [0.05, 0.1) is 18.7 Å². The predicted octanol–water partition coefficient (Wildman–Crippen LogP) is 4.08. The lowest BCUT2D eigenvalue weighted by Gasteiger charge is -2.25. The minimum atomic E-state index is -0.685. The zero-order valence-corrected chi connectivity index (χ0v) is 18.3. The molecule has 0 saturated carbocycles. The number of hydrogen-bond acceptors (Lipinski definition) is 6. The van der Waals surface area contributed by atoms with E-state index in [1.54, 1.807) is 42.3 Å². The van der Waals surface area contributed by atoms with Crippen molar-refractivity contribution in [3.63, 3.8) is 0 Å². The molecule has 2 aromatic rings. The lowest BCUT2D eigenvalue weighted by atomic mass is 9.95. The highest BCUT2D eigenvalue weighted by atomic mass is 16.6. The van der Waals surface area contributed by atoms with Crippen LogP contribution in [-0.4, -0.2) is 48.6 Å². The van der Waals surface area contributed by atoms with Gasteiger partial charge < -0.3 is 24.2 Å². The van der Waals surface area contributed by atoms with Gasteiger partial charge in [0.2, 0.25) is 0 Å². The molecule has 7 nitrogen and oxygen atoms in total. The lowest BCUT2D eigenvalue weighted by molar-refractivity contribution is -0.139. The van der Waals surface area contributed by atoms with E-state index in [1.165, 1.54) is 0 Å². The number of rotatable bonds is 7. The third kappa shape index (κ3) is 4.02. The zero-order chi connectivity index (χ0) is 22.7. The second kappa shape index (κ2) is 9.34. The maximum absolute atomic E-state index is 13.1. The van der Waals surface area contributed by atoms with Crippen molar-refractivity contribution < 1.29 is 28.9 Å². The number of aliphatic hydroxyl groups is 1. The second-order valence-corrected chi connectivity index (χ2v) is 7.83. The van der Waals surface area contributed by atoms with Crippen LogP contribution in [0.15, 0.2) is 48.0 Å². The summed E-state index contributed by atoms with van der Waals surface area (Å²) in [7, 11) is 1.58. The number of unbranched alkanes of at least 4 members (excludes halogenated alkanes) is 2.